The lowest BCUT2D eigenvalue weighted by Gasteiger charge is -2.10. The third kappa shape index (κ3) is 4.93. The average Bonchev–Trinajstić information content (AvgIpc) is 3.29. The molecule has 0 aliphatic heterocycles. The summed E-state index contributed by atoms with van der Waals surface area (Å²) in [6.07, 6.45) is -3.60. The van der Waals surface area contributed by atoms with Crippen LogP contribution in [0.1, 0.15) is 28.4 Å². The van der Waals surface area contributed by atoms with Gasteiger partial charge in [-0.25, -0.2) is 4.68 Å². The fourth-order valence-electron chi connectivity index (χ4n) is 3.36. The summed E-state index contributed by atoms with van der Waals surface area (Å²) in [4.78, 5) is 16.7. The van der Waals surface area contributed by atoms with Gasteiger partial charge in [-0.3, -0.25) is 4.79 Å². The van der Waals surface area contributed by atoms with E-state index in [4.69, 9.17) is 4.74 Å². The third-order valence-electron chi connectivity index (χ3n) is 5.21. The molecule has 1 heterocycles. The lowest BCUT2D eigenvalue weighted by Crippen LogP contribution is -2.12. The van der Waals surface area contributed by atoms with Gasteiger partial charge in [0.05, 0.1) is 18.4 Å². The molecule has 0 radical (unpaired) electrons. The van der Waals surface area contributed by atoms with Crippen molar-refractivity contribution in [2.75, 3.05) is 12.4 Å². The Morgan fingerprint density at radius 1 is 1.03 bits per heavy atom. The van der Waals surface area contributed by atoms with E-state index in [0.29, 0.717) is 16.9 Å². The minimum absolute atomic E-state index is 0.0142. The highest BCUT2D eigenvalue weighted by Crippen LogP contribution is 2.33. The lowest BCUT2D eigenvalue weighted by molar-refractivity contribution is -0.137. The van der Waals surface area contributed by atoms with Crippen molar-refractivity contribution in [3.63, 3.8) is 0 Å². The Morgan fingerprint density at radius 2 is 1.74 bits per heavy atom. The number of methoxy groups -OCH3 is 1. The average molecular weight is 466 g/mol. The molecule has 4 rings (SSSR count). The van der Waals surface area contributed by atoms with Crippen LogP contribution >= 0.6 is 0 Å². The van der Waals surface area contributed by atoms with Crippen molar-refractivity contribution in [1.29, 1.82) is 0 Å². The maximum Gasteiger partial charge on any atom is 0.416 e. The van der Waals surface area contributed by atoms with E-state index in [1.807, 2.05) is 19.1 Å². The van der Waals surface area contributed by atoms with E-state index >= 15 is 0 Å². The number of hydrogen-bond donors (Lipinski definition) is 1. The van der Waals surface area contributed by atoms with Crippen LogP contribution in [0.5, 0.6) is 6.01 Å². The Labute approximate surface area is 194 Å². The second-order valence-corrected chi connectivity index (χ2v) is 7.46. The van der Waals surface area contributed by atoms with Gasteiger partial charge in [-0.2, -0.15) is 18.2 Å². The van der Waals surface area contributed by atoms with Crippen LogP contribution in [-0.2, 0) is 12.6 Å². The van der Waals surface area contributed by atoms with Crippen LogP contribution in [0.4, 0.5) is 18.9 Å². The number of hydrogen-bond acceptors (Lipinski definition) is 4. The molecule has 4 aromatic rings. The molecule has 0 bridgehead atoms. The Morgan fingerprint density at radius 3 is 2.35 bits per heavy atom. The number of alkyl halides is 3. The van der Waals surface area contributed by atoms with Crippen molar-refractivity contribution in [3.05, 3.63) is 89.5 Å². The number of aryl methyl sites for hydroxylation is 1. The SMILES string of the molecule is CCc1ccc(C(=O)Nc2ccc(-n3nc(OC)nc3-c3cccc(C(F)(F)F)c3)cc2)cc1. The minimum atomic E-state index is -4.48. The number of carbonyl (C=O) groups is 1. The largest absolute Gasteiger partial charge is 0.466 e. The molecule has 1 amide bonds. The number of ether oxygens (including phenoxy) is 1. The molecular formula is C25H21F3N4O2. The maximum absolute atomic E-state index is 13.2. The van der Waals surface area contributed by atoms with Crippen molar-refractivity contribution < 1.29 is 22.7 Å². The topological polar surface area (TPSA) is 69.0 Å². The van der Waals surface area contributed by atoms with Gasteiger partial charge in [-0.05, 0) is 60.5 Å². The van der Waals surface area contributed by atoms with Crippen LogP contribution in [0.15, 0.2) is 72.8 Å². The number of anilines is 1. The fourth-order valence-corrected chi connectivity index (χ4v) is 3.36. The number of nitrogens with zero attached hydrogens (tertiary/aromatic N) is 3. The molecular weight excluding hydrogens is 445 g/mol. The number of halogens is 3. The van der Waals surface area contributed by atoms with Gasteiger partial charge in [0.2, 0.25) is 0 Å². The van der Waals surface area contributed by atoms with Gasteiger partial charge >= 0.3 is 12.2 Å². The fraction of sp³-hybridized carbons (Fsp3) is 0.160. The second-order valence-electron chi connectivity index (χ2n) is 7.46. The molecule has 34 heavy (non-hydrogen) atoms. The number of rotatable bonds is 6. The molecule has 1 N–H and O–H groups in total. The first kappa shape index (κ1) is 23.0. The first-order chi connectivity index (χ1) is 16.3. The number of benzene rings is 3. The van der Waals surface area contributed by atoms with Crippen molar-refractivity contribution in [1.82, 2.24) is 14.8 Å². The molecule has 0 spiro atoms. The van der Waals surface area contributed by atoms with E-state index in [2.05, 4.69) is 15.4 Å². The summed E-state index contributed by atoms with van der Waals surface area (Å²) >= 11 is 0. The molecule has 0 fully saturated rings. The standard InChI is InChI=1S/C25H21F3N4O2/c1-3-16-7-9-17(10-8-16)23(33)29-20-11-13-21(14-12-20)32-22(30-24(31-32)34-2)18-5-4-6-19(15-18)25(26,27)28/h4-15H,3H2,1-2H3,(H,29,33). The van der Waals surface area contributed by atoms with Gasteiger partial charge in [-0.1, -0.05) is 31.2 Å². The van der Waals surface area contributed by atoms with Crippen LogP contribution < -0.4 is 10.1 Å². The van der Waals surface area contributed by atoms with Crippen LogP contribution in [0.3, 0.4) is 0 Å². The second kappa shape index (κ2) is 9.38. The summed E-state index contributed by atoms with van der Waals surface area (Å²) in [6.45, 7) is 2.04. The van der Waals surface area contributed by atoms with Crippen LogP contribution in [0.25, 0.3) is 17.1 Å². The van der Waals surface area contributed by atoms with E-state index in [-0.39, 0.29) is 23.3 Å². The maximum atomic E-state index is 13.2. The van der Waals surface area contributed by atoms with E-state index in [9.17, 15) is 18.0 Å². The molecule has 1 aromatic heterocycles. The van der Waals surface area contributed by atoms with Crippen LogP contribution in [-0.4, -0.2) is 27.8 Å². The number of nitrogens with one attached hydrogen (secondary N) is 1. The summed E-state index contributed by atoms with van der Waals surface area (Å²) in [5.41, 5.74) is 2.21. The summed E-state index contributed by atoms with van der Waals surface area (Å²) < 4.78 is 46.0. The van der Waals surface area contributed by atoms with Crippen LogP contribution in [0.2, 0.25) is 0 Å². The van der Waals surface area contributed by atoms with E-state index in [1.54, 1.807) is 36.4 Å². The van der Waals surface area contributed by atoms with E-state index < -0.39 is 11.7 Å². The van der Waals surface area contributed by atoms with Gasteiger partial charge < -0.3 is 10.1 Å². The summed E-state index contributed by atoms with van der Waals surface area (Å²) in [5, 5.41) is 7.06. The zero-order chi connectivity index (χ0) is 24.3. The zero-order valence-electron chi connectivity index (χ0n) is 18.4. The monoisotopic (exact) mass is 466 g/mol. The molecule has 9 heteroatoms. The molecule has 6 nitrogen and oxygen atoms in total. The summed E-state index contributed by atoms with van der Waals surface area (Å²) in [5.74, 6) is -0.0572. The lowest BCUT2D eigenvalue weighted by atomic mass is 10.1. The Kier molecular flexibility index (Phi) is 6.36. The number of carbonyl (C=O) groups excluding carboxylic acids is 1. The van der Waals surface area contributed by atoms with Gasteiger partial charge in [0.25, 0.3) is 5.91 Å². The van der Waals surface area contributed by atoms with Crippen molar-refractivity contribution in [2.24, 2.45) is 0 Å². The highest BCUT2D eigenvalue weighted by atomic mass is 19.4. The Balaban J connectivity index is 1.60. The van der Waals surface area contributed by atoms with Gasteiger partial charge in [-0.15, -0.1) is 5.10 Å². The highest BCUT2D eigenvalue weighted by molar-refractivity contribution is 6.04. The quantitative estimate of drug-likeness (QED) is 0.391. The zero-order valence-corrected chi connectivity index (χ0v) is 18.4. The normalized spacial score (nSPS) is 11.3. The Hall–Kier alpha value is -4.14. The highest BCUT2D eigenvalue weighted by Gasteiger charge is 2.31. The Bertz CT molecular complexity index is 1300. The smallest absolute Gasteiger partial charge is 0.416 e. The molecule has 0 saturated carbocycles. The molecule has 0 atom stereocenters. The third-order valence-corrected chi connectivity index (χ3v) is 5.21. The number of aromatic nitrogens is 3. The van der Waals surface area contributed by atoms with Gasteiger partial charge in [0.1, 0.15) is 0 Å². The first-order valence-electron chi connectivity index (χ1n) is 10.5. The minimum Gasteiger partial charge on any atom is -0.466 e. The van der Waals surface area contributed by atoms with Gasteiger partial charge in [0.15, 0.2) is 5.82 Å². The molecule has 3 aromatic carbocycles. The molecule has 0 saturated heterocycles. The van der Waals surface area contributed by atoms with Crippen LogP contribution in [0, 0.1) is 0 Å². The molecule has 174 valence electrons. The van der Waals surface area contributed by atoms with Gasteiger partial charge in [0, 0.05) is 16.8 Å². The number of amides is 1. The van der Waals surface area contributed by atoms with E-state index in [1.165, 1.54) is 23.9 Å². The summed E-state index contributed by atoms with van der Waals surface area (Å²) in [7, 11) is 1.38. The first-order valence-corrected chi connectivity index (χ1v) is 10.5. The van der Waals surface area contributed by atoms with Crippen molar-refractivity contribution >= 4 is 11.6 Å². The molecule has 0 unspecified atom stereocenters. The predicted octanol–water partition coefficient (Wildman–Crippen LogP) is 5.78. The molecule has 0 aliphatic carbocycles. The van der Waals surface area contributed by atoms with Crippen molar-refractivity contribution in [2.45, 2.75) is 19.5 Å². The predicted molar refractivity (Wildman–Crippen MR) is 122 cm³/mol. The molecule has 0 aliphatic rings. The summed E-state index contributed by atoms with van der Waals surface area (Å²) in [6, 6.07) is 18.9. The van der Waals surface area contributed by atoms with Crippen molar-refractivity contribution in [3.8, 4) is 23.1 Å². The van der Waals surface area contributed by atoms with E-state index in [0.717, 1.165) is 24.1 Å².